The van der Waals surface area contributed by atoms with Crippen molar-refractivity contribution >= 4 is 87.9 Å². The summed E-state index contributed by atoms with van der Waals surface area (Å²) >= 11 is 7.14. The number of hydrogen-bond acceptors (Lipinski definition) is 7. The standard InChI is InChI=1S/C40H36ClF9IN7O4S2/c1-37(2,63(3,4)60)11-10-22-6-7-23(24-8-9-27(41)31-33(24)58(18-38(44,45)46)56-36(31)57-64(5,61)62)32(54-22)28(14-19-12-20(42)15-21(43)13-19)55-29(59)17-53-35-30(34(52)40(49,50)51)25-16-26(25)39(35,47)48/h6-9,12-13,15,25-26,28,52-53H,3,14,16-18H2,1-2,4-5H3,(H,55,59)(H,56,57)/p+1. The second-order valence-corrected chi connectivity index (χ2v) is 22.5. The number of pyridine rings is 1. The molecule has 2 aromatic heterocycles. The maximum Gasteiger partial charge on any atom is 0.408 e. The van der Waals surface area contributed by atoms with Crippen LogP contribution < -0.4 is 15.4 Å². The monoisotopic (exact) mass is 1080 g/mol. The highest BCUT2D eigenvalue weighted by molar-refractivity contribution is 14.1. The minimum atomic E-state index is -4.94. The third-order valence-electron chi connectivity index (χ3n) is 10.6. The van der Waals surface area contributed by atoms with Crippen molar-refractivity contribution in [3.8, 4) is 23.0 Å². The summed E-state index contributed by atoms with van der Waals surface area (Å²) in [5.74, 6) is -0.508. The van der Waals surface area contributed by atoms with E-state index in [9.17, 15) is 48.2 Å². The largest absolute Gasteiger partial charge is 0.408 e. The van der Waals surface area contributed by atoms with Gasteiger partial charge in [-0.25, -0.2) is 22.2 Å². The van der Waals surface area contributed by atoms with Crippen molar-refractivity contribution in [2.24, 2.45) is 11.8 Å². The lowest BCUT2D eigenvalue weighted by molar-refractivity contribution is -0.609. The summed E-state index contributed by atoms with van der Waals surface area (Å²) < 4.78 is 166. The second-order valence-electron chi connectivity index (χ2n) is 16.0. The van der Waals surface area contributed by atoms with Crippen molar-refractivity contribution in [2.45, 2.75) is 60.1 Å². The van der Waals surface area contributed by atoms with Crippen LogP contribution in [0.3, 0.4) is 0 Å². The van der Waals surface area contributed by atoms with Crippen molar-refractivity contribution < 1.29 is 62.3 Å². The predicted octanol–water partition coefficient (Wildman–Crippen LogP) is 6.99. The van der Waals surface area contributed by atoms with Gasteiger partial charge in [-0.3, -0.25) is 23.8 Å². The lowest BCUT2D eigenvalue weighted by Gasteiger charge is -2.23. The number of nitrogens with two attached hydrogens (primary N) is 1. The van der Waals surface area contributed by atoms with Crippen molar-refractivity contribution in [3.63, 3.8) is 0 Å². The highest BCUT2D eigenvalue weighted by atomic mass is 127. The number of nitrogens with zero attached hydrogens (tertiary/aromatic N) is 3. The van der Waals surface area contributed by atoms with Gasteiger partial charge in [0.25, 0.3) is 5.91 Å². The van der Waals surface area contributed by atoms with Crippen molar-refractivity contribution in [1.82, 2.24) is 20.1 Å². The minimum Gasteiger partial charge on any atom is -0.342 e. The fraction of sp³-hybridized carbons (Fsp3) is 0.375. The molecule has 4 atom stereocenters. The van der Waals surface area contributed by atoms with E-state index < -0.39 is 118 Å². The van der Waals surface area contributed by atoms with Crippen LogP contribution in [0, 0.1) is 40.7 Å². The molecule has 0 spiro atoms. The first-order chi connectivity index (χ1) is 29.3. The van der Waals surface area contributed by atoms with E-state index >= 15 is 8.78 Å². The number of nitrogens with one attached hydrogen (secondary N) is 3. The first-order valence-electron chi connectivity index (χ1n) is 18.7. The van der Waals surface area contributed by atoms with Crippen LogP contribution in [0.5, 0.6) is 0 Å². The SMILES string of the molecule is C=S(C)(=O)C(C)(C)C#Cc1ccc(-c2ccc(Cl)c3c(NS(C)(=O)=O)nn(CC(F)(F)F)c23)c(C(Cc2cc(F)cc(F)c2)NC(=O)C[NH2+]C2=C(C(=N)C(F)(F)I)C3CC3C2(F)F)n1. The highest BCUT2D eigenvalue weighted by Gasteiger charge is 2.69. The summed E-state index contributed by atoms with van der Waals surface area (Å²) in [6, 6.07) is 5.94. The van der Waals surface area contributed by atoms with Crippen LogP contribution in [-0.2, 0) is 37.3 Å². The number of sulfonamides is 1. The molecular weight excluding hydrogens is 1040 g/mol. The number of benzene rings is 2. The summed E-state index contributed by atoms with van der Waals surface area (Å²) in [7, 11) is -6.99. The maximum atomic E-state index is 15.5. The molecule has 5 N–H and O–H groups in total. The van der Waals surface area contributed by atoms with Crippen molar-refractivity contribution in [2.75, 3.05) is 23.8 Å². The number of halogens is 11. The van der Waals surface area contributed by atoms with E-state index in [2.05, 4.69) is 37.8 Å². The van der Waals surface area contributed by atoms with E-state index in [0.29, 0.717) is 33.3 Å². The molecule has 2 heterocycles. The molecule has 4 aromatic rings. The van der Waals surface area contributed by atoms with Crippen LogP contribution in [0.4, 0.5) is 45.3 Å². The maximum absolute atomic E-state index is 15.5. The molecule has 2 aromatic carbocycles. The number of fused-ring (bicyclic) bond motifs is 2. The molecule has 344 valence electrons. The van der Waals surface area contributed by atoms with Gasteiger partial charge in [-0.15, -0.1) is 0 Å². The smallest absolute Gasteiger partial charge is 0.342 e. The van der Waals surface area contributed by atoms with Gasteiger partial charge in [-0.1, -0.05) is 23.6 Å². The van der Waals surface area contributed by atoms with Gasteiger partial charge in [0.1, 0.15) is 29.6 Å². The molecule has 0 aliphatic heterocycles. The van der Waals surface area contributed by atoms with Crippen LogP contribution in [0.1, 0.15) is 43.3 Å². The summed E-state index contributed by atoms with van der Waals surface area (Å²) in [4.78, 5) is 18.5. The molecule has 0 radical (unpaired) electrons. The molecule has 6 rings (SSSR count). The molecule has 11 nitrogen and oxygen atoms in total. The summed E-state index contributed by atoms with van der Waals surface area (Å²) in [6.45, 7) is 0.411. The summed E-state index contributed by atoms with van der Waals surface area (Å²) in [5.41, 5.74) is -3.88. The number of allylic oxidation sites excluding steroid dienone is 2. The van der Waals surface area contributed by atoms with Gasteiger partial charge in [0.15, 0.2) is 18.1 Å². The van der Waals surface area contributed by atoms with Gasteiger partial charge >= 0.3 is 16.0 Å². The average Bonchev–Trinajstić information content (AvgIpc) is 3.81. The molecule has 24 heteroatoms. The Bertz CT molecular complexity index is 2910. The Labute approximate surface area is 379 Å². The Morgan fingerprint density at radius 1 is 1.08 bits per heavy atom. The third kappa shape index (κ3) is 10.7. The molecule has 4 unspecified atom stereocenters. The van der Waals surface area contributed by atoms with Gasteiger partial charge in [-0.2, -0.15) is 35.8 Å². The Hall–Kier alpha value is -4.38. The number of carbonyl (C=O) groups is 1. The number of quaternary nitrogens is 1. The Kier molecular flexibility index (Phi) is 13.1. The summed E-state index contributed by atoms with van der Waals surface area (Å²) in [6.07, 6.45) is -3.51. The van der Waals surface area contributed by atoms with Gasteiger partial charge in [0, 0.05) is 63.4 Å². The fourth-order valence-corrected chi connectivity index (χ4v) is 8.52. The van der Waals surface area contributed by atoms with Crippen LogP contribution in [-0.4, -0.2) is 84.7 Å². The first-order valence-corrected chi connectivity index (χ1v) is 24.2. The number of carbonyl (C=O) groups excluding carboxylic acids is 1. The Morgan fingerprint density at radius 3 is 2.28 bits per heavy atom. The fourth-order valence-electron chi connectivity index (χ4n) is 7.23. The van der Waals surface area contributed by atoms with E-state index in [-0.39, 0.29) is 50.4 Å². The number of alkyl halides is 8. The van der Waals surface area contributed by atoms with Crippen LogP contribution >= 0.6 is 34.2 Å². The lowest BCUT2D eigenvalue weighted by Crippen LogP contribution is -2.87. The van der Waals surface area contributed by atoms with E-state index in [1.54, 1.807) is 0 Å². The summed E-state index contributed by atoms with van der Waals surface area (Å²) in [5, 5.41) is 14.7. The molecule has 64 heavy (non-hydrogen) atoms. The lowest BCUT2D eigenvalue weighted by atomic mass is 9.93. The van der Waals surface area contributed by atoms with E-state index in [4.69, 9.17) is 17.0 Å². The molecular formula is C40H37ClF9IN7O4S2+. The van der Waals surface area contributed by atoms with E-state index in [0.717, 1.165) is 23.7 Å². The number of rotatable bonds is 14. The average molecular weight is 1080 g/mol. The van der Waals surface area contributed by atoms with Gasteiger partial charge in [-0.05, 0) is 83.9 Å². The molecule has 1 saturated carbocycles. The van der Waals surface area contributed by atoms with Crippen molar-refractivity contribution in [1.29, 1.82) is 5.41 Å². The first kappa shape index (κ1) is 49.1. The van der Waals surface area contributed by atoms with Crippen molar-refractivity contribution in [3.05, 3.63) is 87.3 Å². The van der Waals surface area contributed by atoms with Crippen LogP contribution in [0.15, 0.2) is 53.7 Å². The number of amides is 1. The molecule has 0 saturated heterocycles. The molecule has 1 amide bonds. The Morgan fingerprint density at radius 2 is 1.70 bits per heavy atom. The Balaban J connectivity index is 1.56. The van der Waals surface area contributed by atoms with Gasteiger partial charge in [0.2, 0.25) is 10.0 Å². The zero-order valence-electron chi connectivity index (χ0n) is 33.8. The van der Waals surface area contributed by atoms with E-state index in [1.807, 2.05) is 0 Å². The van der Waals surface area contributed by atoms with Crippen LogP contribution in [0.2, 0.25) is 5.02 Å². The highest BCUT2D eigenvalue weighted by Crippen LogP contribution is 2.62. The minimum absolute atomic E-state index is 0.0852. The zero-order valence-corrected chi connectivity index (χ0v) is 38.4. The predicted molar refractivity (Wildman–Crippen MR) is 233 cm³/mol. The number of aromatic nitrogens is 3. The van der Waals surface area contributed by atoms with E-state index in [1.165, 1.54) is 44.4 Å². The zero-order chi connectivity index (χ0) is 47.7. The van der Waals surface area contributed by atoms with Gasteiger partial charge < -0.3 is 10.6 Å². The normalized spacial score (nSPS) is 18.8. The molecule has 2 aliphatic carbocycles. The van der Waals surface area contributed by atoms with Crippen LogP contribution in [0.25, 0.3) is 22.0 Å². The number of anilines is 1. The quantitative estimate of drug-likeness (QED) is 0.0266. The second kappa shape index (κ2) is 17.1. The molecule has 2 aliphatic rings. The topological polar surface area (TPSA) is 164 Å². The number of hydrogen-bond donors (Lipinski definition) is 4. The molecule has 0 bridgehead atoms. The van der Waals surface area contributed by atoms with Gasteiger partial charge in [0.05, 0.1) is 38.7 Å². The molecule has 1 fully saturated rings. The third-order valence-corrected chi connectivity index (χ3v) is 14.3.